The molecule has 150 valence electrons. The van der Waals surface area contributed by atoms with Gasteiger partial charge in [0.15, 0.2) is 0 Å². The van der Waals surface area contributed by atoms with Crippen molar-refractivity contribution in [1.29, 1.82) is 0 Å². The molecular weight excluding hydrogens is 376 g/mol. The third-order valence-corrected chi connectivity index (χ3v) is 5.70. The first-order valence-electron chi connectivity index (χ1n) is 9.91. The van der Waals surface area contributed by atoms with Crippen molar-refractivity contribution >= 4 is 28.3 Å². The van der Waals surface area contributed by atoms with Gasteiger partial charge in [-0.05, 0) is 47.9 Å². The molecule has 1 fully saturated rings. The van der Waals surface area contributed by atoms with E-state index in [-0.39, 0.29) is 17.7 Å². The Bertz CT molecular complexity index is 1280. The minimum Gasteiger partial charge on any atom is -0.383 e. The molecule has 2 atom stereocenters. The predicted octanol–water partition coefficient (Wildman–Crippen LogP) is 3.66. The molecule has 1 aliphatic carbocycles. The summed E-state index contributed by atoms with van der Waals surface area (Å²) in [4.78, 5) is 21.6. The normalized spacial score (nSPS) is 17.8. The molecule has 4 aromatic rings. The first-order valence-corrected chi connectivity index (χ1v) is 9.91. The van der Waals surface area contributed by atoms with Crippen LogP contribution in [0.5, 0.6) is 0 Å². The largest absolute Gasteiger partial charge is 0.383 e. The van der Waals surface area contributed by atoms with Crippen LogP contribution >= 0.6 is 0 Å². The van der Waals surface area contributed by atoms with Crippen LogP contribution in [0.3, 0.4) is 0 Å². The summed E-state index contributed by atoms with van der Waals surface area (Å²) >= 11 is 0. The topological polar surface area (TPSA) is 98.7 Å². The summed E-state index contributed by atoms with van der Waals surface area (Å²) in [5.74, 6) is 1.11. The Morgan fingerprint density at radius 2 is 2.07 bits per heavy atom. The van der Waals surface area contributed by atoms with Gasteiger partial charge in [0, 0.05) is 36.3 Å². The second kappa shape index (κ2) is 6.95. The molecule has 30 heavy (non-hydrogen) atoms. The molecule has 0 aliphatic heterocycles. The number of nitrogens with zero attached hydrogens (tertiary/aromatic N) is 4. The number of nitrogen functional groups attached to an aromatic ring is 1. The van der Waals surface area contributed by atoms with Gasteiger partial charge in [0.2, 0.25) is 5.91 Å². The number of benzene rings is 1. The maximum atomic E-state index is 12.7. The maximum absolute atomic E-state index is 12.7. The Morgan fingerprint density at radius 3 is 2.83 bits per heavy atom. The molecule has 1 aliphatic rings. The van der Waals surface area contributed by atoms with Gasteiger partial charge in [-0.1, -0.05) is 24.3 Å². The van der Waals surface area contributed by atoms with Crippen LogP contribution in [0, 0.1) is 12.8 Å². The lowest BCUT2D eigenvalue weighted by Gasteiger charge is -2.10. The standard InChI is InChI=1S/C23H22N6O/c1-13-5-3-4-6-16(13)20-7-14-8-21(25-11-19(14)22(24)27-20)28-23(30)18-9-17(18)15-10-26-29(2)12-15/h3-8,10-12,17-18H,9H2,1-2H3,(H2,24,27)(H,25,28,30)/t17-,18+/m0/s1. The third kappa shape index (κ3) is 3.28. The van der Waals surface area contributed by atoms with Crippen LogP contribution in [0.2, 0.25) is 0 Å². The summed E-state index contributed by atoms with van der Waals surface area (Å²) < 4.78 is 1.76. The molecule has 0 spiro atoms. The Balaban J connectivity index is 1.40. The summed E-state index contributed by atoms with van der Waals surface area (Å²) in [7, 11) is 1.88. The van der Waals surface area contributed by atoms with Crippen molar-refractivity contribution in [2.24, 2.45) is 13.0 Å². The van der Waals surface area contributed by atoms with Crippen molar-refractivity contribution < 1.29 is 4.79 Å². The summed E-state index contributed by atoms with van der Waals surface area (Å²) in [5.41, 5.74) is 10.3. The number of nitrogens with one attached hydrogen (secondary N) is 1. The van der Waals surface area contributed by atoms with Gasteiger partial charge >= 0.3 is 0 Å². The first-order chi connectivity index (χ1) is 14.5. The summed E-state index contributed by atoms with van der Waals surface area (Å²) in [6, 6.07) is 11.9. The molecule has 3 N–H and O–H groups in total. The Hall–Kier alpha value is -3.74. The maximum Gasteiger partial charge on any atom is 0.229 e. The number of rotatable bonds is 4. The van der Waals surface area contributed by atoms with Gasteiger partial charge < -0.3 is 11.1 Å². The van der Waals surface area contributed by atoms with E-state index in [4.69, 9.17) is 5.73 Å². The minimum absolute atomic E-state index is 0.0168. The second-order valence-electron chi connectivity index (χ2n) is 7.88. The van der Waals surface area contributed by atoms with Crippen LogP contribution in [0.1, 0.15) is 23.5 Å². The van der Waals surface area contributed by atoms with Crippen molar-refractivity contribution in [3.63, 3.8) is 0 Å². The number of nitrogens with two attached hydrogens (primary N) is 1. The van der Waals surface area contributed by atoms with E-state index in [1.165, 1.54) is 0 Å². The van der Waals surface area contributed by atoms with E-state index in [0.717, 1.165) is 39.6 Å². The van der Waals surface area contributed by atoms with Crippen LogP contribution in [0.15, 0.2) is 55.0 Å². The molecule has 3 aromatic heterocycles. The molecule has 0 bridgehead atoms. The number of hydrogen-bond donors (Lipinski definition) is 2. The SMILES string of the molecule is Cc1ccccc1-c1cc2cc(NC(=O)[C@@H]3C[C@H]3c3cnn(C)c3)ncc2c(N)n1. The van der Waals surface area contributed by atoms with E-state index in [9.17, 15) is 4.79 Å². The highest BCUT2D eigenvalue weighted by atomic mass is 16.2. The average molecular weight is 398 g/mol. The number of carbonyl (C=O) groups is 1. The van der Waals surface area contributed by atoms with Gasteiger partial charge in [0.25, 0.3) is 0 Å². The van der Waals surface area contributed by atoms with Crippen LogP contribution in [-0.2, 0) is 11.8 Å². The van der Waals surface area contributed by atoms with Crippen molar-refractivity contribution in [3.05, 3.63) is 66.1 Å². The van der Waals surface area contributed by atoms with E-state index in [1.54, 1.807) is 10.9 Å². The van der Waals surface area contributed by atoms with Crippen molar-refractivity contribution in [2.45, 2.75) is 19.3 Å². The lowest BCUT2D eigenvalue weighted by atomic mass is 10.0. The molecule has 1 aromatic carbocycles. The van der Waals surface area contributed by atoms with E-state index in [0.29, 0.717) is 11.6 Å². The average Bonchev–Trinajstić information content (AvgIpc) is 3.42. The number of fused-ring (bicyclic) bond motifs is 1. The Kier molecular flexibility index (Phi) is 4.24. The summed E-state index contributed by atoms with van der Waals surface area (Å²) in [5, 5.41) is 8.81. The van der Waals surface area contributed by atoms with Crippen LogP contribution < -0.4 is 11.1 Å². The third-order valence-electron chi connectivity index (χ3n) is 5.70. The highest BCUT2D eigenvalue weighted by Gasteiger charge is 2.44. The fourth-order valence-corrected chi connectivity index (χ4v) is 3.94. The van der Waals surface area contributed by atoms with Crippen molar-refractivity contribution in [3.8, 4) is 11.3 Å². The van der Waals surface area contributed by atoms with E-state index >= 15 is 0 Å². The van der Waals surface area contributed by atoms with Gasteiger partial charge in [0.05, 0.1) is 11.9 Å². The lowest BCUT2D eigenvalue weighted by molar-refractivity contribution is -0.117. The monoisotopic (exact) mass is 398 g/mol. The molecule has 0 saturated heterocycles. The minimum atomic E-state index is -0.0447. The number of amides is 1. The van der Waals surface area contributed by atoms with Gasteiger partial charge in [0.1, 0.15) is 11.6 Å². The number of aryl methyl sites for hydroxylation is 2. The van der Waals surface area contributed by atoms with E-state index < -0.39 is 0 Å². The van der Waals surface area contributed by atoms with Crippen molar-refractivity contribution in [2.75, 3.05) is 11.1 Å². The lowest BCUT2D eigenvalue weighted by Crippen LogP contribution is -2.15. The fraction of sp³-hybridized carbons (Fsp3) is 0.217. The number of hydrogen-bond acceptors (Lipinski definition) is 5. The van der Waals surface area contributed by atoms with Crippen LogP contribution in [0.25, 0.3) is 22.0 Å². The smallest absolute Gasteiger partial charge is 0.229 e. The zero-order chi connectivity index (χ0) is 20.8. The van der Waals surface area contributed by atoms with Gasteiger partial charge in [-0.15, -0.1) is 0 Å². The number of pyridine rings is 2. The Morgan fingerprint density at radius 1 is 1.23 bits per heavy atom. The molecule has 0 unspecified atom stereocenters. The second-order valence-corrected chi connectivity index (χ2v) is 7.88. The summed E-state index contributed by atoms with van der Waals surface area (Å²) in [6.07, 6.45) is 6.30. The predicted molar refractivity (Wildman–Crippen MR) is 117 cm³/mol. The first kappa shape index (κ1) is 18.3. The highest BCUT2D eigenvalue weighted by molar-refractivity contribution is 5.98. The van der Waals surface area contributed by atoms with Gasteiger partial charge in [-0.3, -0.25) is 9.48 Å². The quantitative estimate of drug-likeness (QED) is 0.547. The number of carbonyl (C=O) groups excluding carboxylic acids is 1. The highest BCUT2D eigenvalue weighted by Crippen LogP contribution is 2.47. The molecule has 7 nitrogen and oxygen atoms in total. The van der Waals surface area contributed by atoms with Crippen molar-refractivity contribution in [1.82, 2.24) is 19.7 Å². The van der Waals surface area contributed by atoms with Gasteiger partial charge in [-0.2, -0.15) is 5.10 Å². The zero-order valence-corrected chi connectivity index (χ0v) is 16.8. The zero-order valence-electron chi connectivity index (χ0n) is 16.8. The number of anilines is 2. The summed E-state index contributed by atoms with van der Waals surface area (Å²) in [6.45, 7) is 2.05. The molecule has 5 rings (SSSR count). The van der Waals surface area contributed by atoms with Crippen LogP contribution in [-0.4, -0.2) is 25.7 Å². The van der Waals surface area contributed by atoms with E-state index in [2.05, 4.69) is 20.4 Å². The molecular formula is C23H22N6O. The molecule has 7 heteroatoms. The van der Waals surface area contributed by atoms with Gasteiger partial charge in [-0.25, -0.2) is 9.97 Å². The fourth-order valence-electron chi connectivity index (χ4n) is 3.94. The molecule has 1 saturated carbocycles. The van der Waals surface area contributed by atoms with Crippen LogP contribution in [0.4, 0.5) is 11.6 Å². The molecule has 1 amide bonds. The Labute approximate surface area is 174 Å². The number of aromatic nitrogens is 4. The molecule has 3 heterocycles. The molecule has 0 radical (unpaired) electrons. The van der Waals surface area contributed by atoms with E-state index in [1.807, 2.05) is 62.8 Å².